The van der Waals surface area contributed by atoms with E-state index < -0.39 is 23.6 Å². The SMILES string of the molecule is COC(=O)c1cc2sc(C)cc2n1CC(=O)Nc1ccccc1C(F)(F)F. The second kappa shape index (κ2) is 7.07. The first-order chi connectivity index (χ1) is 12.7. The molecule has 1 aromatic carbocycles. The summed E-state index contributed by atoms with van der Waals surface area (Å²) in [4.78, 5) is 25.4. The lowest BCUT2D eigenvalue weighted by atomic mass is 10.1. The Kier molecular flexibility index (Phi) is 4.97. The van der Waals surface area contributed by atoms with Crippen molar-refractivity contribution in [2.45, 2.75) is 19.6 Å². The minimum absolute atomic E-state index is 0.165. The van der Waals surface area contributed by atoms with Gasteiger partial charge in [-0.1, -0.05) is 12.1 Å². The molecule has 1 amide bonds. The molecule has 27 heavy (non-hydrogen) atoms. The number of anilines is 1. The summed E-state index contributed by atoms with van der Waals surface area (Å²) in [6.45, 7) is 1.56. The molecule has 0 bridgehead atoms. The third kappa shape index (κ3) is 3.82. The van der Waals surface area contributed by atoms with Crippen LogP contribution in [0.2, 0.25) is 0 Å². The number of hydrogen-bond acceptors (Lipinski definition) is 4. The Morgan fingerprint density at radius 2 is 1.93 bits per heavy atom. The summed E-state index contributed by atoms with van der Waals surface area (Å²) in [5.74, 6) is -1.31. The number of esters is 1. The predicted octanol–water partition coefficient (Wildman–Crippen LogP) is 4.46. The number of aryl methyl sites for hydroxylation is 1. The topological polar surface area (TPSA) is 60.3 Å². The molecule has 2 aromatic heterocycles. The molecule has 0 saturated heterocycles. The van der Waals surface area contributed by atoms with Gasteiger partial charge in [-0.05, 0) is 31.2 Å². The highest BCUT2D eigenvalue weighted by Gasteiger charge is 2.33. The maximum Gasteiger partial charge on any atom is 0.418 e. The van der Waals surface area contributed by atoms with Crippen LogP contribution >= 0.6 is 11.3 Å². The highest BCUT2D eigenvalue weighted by atomic mass is 32.1. The van der Waals surface area contributed by atoms with Crippen LogP contribution in [0.1, 0.15) is 20.9 Å². The Labute approximate surface area is 156 Å². The van der Waals surface area contributed by atoms with E-state index in [4.69, 9.17) is 4.74 Å². The highest BCUT2D eigenvalue weighted by molar-refractivity contribution is 7.19. The molecule has 3 aromatic rings. The molecule has 0 atom stereocenters. The molecule has 0 saturated carbocycles. The minimum atomic E-state index is -4.59. The average Bonchev–Trinajstić information content (AvgIpc) is 3.11. The second-order valence-corrected chi connectivity index (χ2v) is 7.09. The van der Waals surface area contributed by atoms with Gasteiger partial charge in [0.2, 0.25) is 5.91 Å². The third-order valence-corrected chi connectivity index (χ3v) is 4.90. The third-order valence-electron chi connectivity index (χ3n) is 3.92. The van der Waals surface area contributed by atoms with Crippen LogP contribution in [0, 0.1) is 6.92 Å². The van der Waals surface area contributed by atoms with Gasteiger partial charge in [-0.15, -0.1) is 11.3 Å². The van der Waals surface area contributed by atoms with E-state index in [9.17, 15) is 22.8 Å². The molecule has 5 nitrogen and oxygen atoms in total. The summed E-state index contributed by atoms with van der Waals surface area (Å²) >= 11 is 1.44. The number of alkyl halides is 3. The number of benzene rings is 1. The fourth-order valence-corrected chi connectivity index (χ4v) is 3.74. The summed E-state index contributed by atoms with van der Waals surface area (Å²) in [6.07, 6.45) is -4.59. The Morgan fingerprint density at radius 3 is 2.59 bits per heavy atom. The van der Waals surface area contributed by atoms with E-state index in [1.54, 1.807) is 6.07 Å². The summed E-state index contributed by atoms with van der Waals surface area (Å²) in [5.41, 5.74) is -0.453. The fraction of sp³-hybridized carbons (Fsp3) is 0.222. The van der Waals surface area contributed by atoms with Gasteiger partial charge in [0.05, 0.1) is 28.6 Å². The number of aromatic nitrogens is 1. The number of fused-ring (bicyclic) bond motifs is 1. The van der Waals surface area contributed by atoms with Crippen LogP contribution in [0.3, 0.4) is 0 Å². The molecule has 9 heteroatoms. The van der Waals surface area contributed by atoms with E-state index in [0.717, 1.165) is 15.6 Å². The number of thiophene rings is 1. The maximum atomic E-state index is 13.1. The monoisotopic (exact) mass is 396 g/mol. The zero-order valence-corrected chi connectivity index (χ0v) is 15.2. The van der Waals surface area contributed by atoms with Crippen molar-refractivity contribution in [3.63, 3.8) is 0 Å². The average molecular weight is 396 g/mol. The summed E-state index contributed by atoms with van der Waals surface area (Å²) in [7, 11) is 1.22. The number of para-hydroxylation sites is 1. The van der Waals surface area contributed by atoms with Gasteiger partial charge in [0.15, 0.2) is 0 Å². The number of carbonyl (C=O) groups excluding carboxylic acids is 2. The van der Waals surface area contributed by atoms with E-state index >= 15 is 0 Å². The van der Waals surface area contributed by atoms with Gasteiger partial charge in [-0.25, -0.2) is 4.79 Å². The van der Waals surface area contributed by atoms with Crippen LogP contribution in [0.15, 0.2) is 36.4 Å². The van der Waals surface area contributed by atoms with Gasteiger partial charge in [0.25, 0.3) is 0 Å². The number of methoxy groups -OCH3 is 1. The van der Waals surface area contributed by atoms with Crippen molar-refractivity contribution < 1.29 is 27.5 Å². The number of ether oxygens (including phenoxy) is 1. The molecule has 1 N–H and O–H groups in total. The largest absolute Gasteiger partial charge is 0.464 e. The number of nitrogens with zero attached hydrogens (tertiary/aromatic N) is 1. The van der Waals surface area contributed by atoms with Gasteiger partial charge in [0.1, 0.15) is 12.2 Å². The second-order valence-electron chi connectivity index (χ2n) is 5.81. The van der Waals surface area contributed by atoms with Crippen LogP contribution in [-0.2, 0) is 22.3 Å². The van der Waals surface area contributed by atoms with Crippen molar-refractivity contribution >= 4 is 39.1 Å². The van der Waals surface area contributed by atoms with Crippen molar-refractivity contribution in [2.75, 3.05) is 12.4 Å². The standard InChI is InChI=1S/C18H15F3N2O3S/c1-10-7-13-15(27-10)8-14(17(25)26-2)23(13)9-16(24)22-12-6-4-3-5-11(12)18(19,20)21/h3-8H,9H2,1-2H3,(H,22,24). The Balaban J connectivity index is 1.92. The van der Waals surface area contributed by atoms with E-state index in [0.29, 0.717) is 5.52 Å². The molecule has 3 rings (SSSR count). The molecule has 0 spiro atoms. The normalized spacial score (nSPS) is 11.6. The van der Waals surface area contributed by atoms with Crippen LogP contribution in [-0.4, -0.2) is 23.6 Å². The molecular formula is C18H15F3N2O3S. The Hall–Kier alpha value is -2.81. The number of nitrogens with one attached hydrogen (secondary N) is 1. The van der Waals surface area contributed by atoms with E-state index in [1.807, 2.05) is 13.0 Å². The summed E-state index contributed by atoms with van der Waals surface area (Å²) < 4.78 is 46.2. The molecule has 0 aliphatic heterocycles. The van der Waals surface area contributed by atoms with Gasteiger partial charge in [-0.2, -0.15) is 13.2 Å². The van der Waals surface area contributed by atoms with E-state index in [1.165, 1.54) is 41.2 Å². The van der Waals surface area contributed by atoms with Crippen LogP contribution < -0.4 is 5.32 Å². The van der Waals surface area contributed by atoms with Crippen LogP contribution in [0.25, 0.3) is 10.2 Å². The van der Waals surface area contributed by atoms with Crippen molar-refractivity contribution in [1.82, 2.24) is 4.57 Å². The lowest BCUT2D eigenvalue weighted by Crippen LogP contribution is -2.23. The van der Waals surface area contributed by atoms with E-state index in [-0.39, 0.29) is 17.9 Å². The lowest BCUT2D eigenvalue weighted by Gasteiger charge is -2.14. The maximum absolute atomic E-state index is 13.1. The van der Waals surface area contributed by atoms with Crippen molar-refractivity contribution in [2.24, 2.45) is 0 Å². The number of halogens is 3. The Morgan fingerprint density at radius 1 is 1.22 bits per heavy atom. The number of hydrogen-bond donors (Lipinski definition) is 1. The fourth-order valence-electron chi connectivity index (χ4n) is 2.78. The first-order valence-corrected chi connectivity index (χ1v) is 8.66. The van der Waals surface area contributed by atoms with Gasteiger partial charge in [-0.3, -0.25) is 4.79 Å². The van der Waals surface area contributed by atoms with Crippen molar-refractivity contribution in [3.8, 4) is 0 Å². The predicted molar refractivity (Wildman–Crippen MR) is 96.0 cm³/mol. The van der Waals surface area contributed by atoms with Crippen LogP contribution in [0.5, 0.6) is 0 Å². The molecule has 0 aliphatic carbocycles. The molecule has 0 radical (unpaired) electrons. The zero-order valence-electron chi connectivity index (χ0n) is 14.4. The lowest BCUT2D eigenvalue weighted by molar-refractivity contribution is -0.137. The number of amides is 1. The van der Waals surface area contributed by atoms with Crippen LogP contribution in [0.4, 0.5) is 18.9 Å². The first-order valence-electron chi connectivity index (χ1n) is 7.84. The van der Waals surface area contributed by atoms with Gasteiger partial charge >= 0.3 is 12.1 Å². The molecule has 2 heterocycles. The summed E-state index contributed by atoms with van der Waals surface area (Å²) in [5, 5.41) is 2.28. The molecule has 0 unspecified atom stereocenters. The number of carbonyl (C=O) groups is 2. The van der Waals surface area contributed by atoms with E-state index in [2.05, 4.69) is 5.32 Å². The smallest absolute Gasteiger partial charge is 0.418 e. The molecular weight excluding hydrogens is 381 g/mol. The minimum Gasteiger partial charge on any atom is -0.464 e. The molecule has 0 aliphatic rings. The van der Waals surface area contributed by atoms with Gasteiger partial charge < -0.3 is 14.6 Å². The quantitative estimate of drug-likeness (QED) is 0.663. The molecule has 0 fully saturated rings. The van der Waals surface area contributed by atoms with Crippen molar-refractivity contribution in [3.05, 3.63) is 52.5 Å². The molecule has 142 valence electrons. The van der Waals surface area contributed by atoms with Gasteiger partial charge in [0, 0.05) is 4.88 Å². The first kappa shape index (κ1) is 19.0. The Bertz CT molecular complexity index is 1020. The number of rotatable bonds is 4. The van der Waals surface area contributed by atoms with Crippen molar-refractivity contribution in [1.29, 1.82) is 0 Å². The highest BCUT2D eigenvalue weighted by Crippen LogP contribution is 2.34. The summed E-state index contributed by atoms with van der Waals surface area (Å²) in [6, 6.07) is 8.14. The zero-order chi connectivity index (χ0) is 19.8.